The van der Waals surface area contributed by atoms with Gasteiger partial charge in [0.05, 0.1) is 24.3 Å². The van der Waals surface area contributed by atoms with Crippen LogP contribution in [-0.2, 0) is 4.74 Å². The molecule has 112 valence electrons. The normalized spacial score (nSPS) is 21.4. The summed E-state index contributed by atoms with van der Waals surface area (Å²) in [6.45, 7) is 4.90. The van der Waals surface area contributed by atoms with Crippen LogP contribution < -0.4 is 5.32 Å². The Bertz CT molecular complexity index is 634. The average molecular weight is 350 g/mol. The first-order chi connectivity index (χ1) is 10.1. The smallest absolute Gasteiger partial charge is 0.126 e. The second-order valence-electron chi connectivity index (χ2n) is 5.61. The number of aromatic nitrogens is 1. The molecule has 1 aromatic heterocycles. The predicted molar refractivity (Wildman–Crippen MR) is 89.8 cm³/mol. The molecule has 0 radical (unpaired) electrons. The van der Waals surface area contributed by atoms with Crippen molar-refractivity contribution < 1.29 is 4.74 Å². The van der Waals surface area contributed by atoms with E-state index in [0.717, 1.165) is 40.9 Å². The van der Waals surface area contributed by atoms with Gasteiger partial charge in [0.2, 0.25) is 0 Å². The van der Waals surface area contributed by atoms with Crippen LogP contribution in [0.2, 0.25) is 0 Å². The fraction of sp³-hybridized carbons (Fsp3) is 0.438. The first-order valence-corrected chi connectivity index (χ1v) is 8.05. The Morgan fingerprint density at radius 3 is 3.05 bits per heavy atom. The third kappa shape index (κ3) is 3.36. The SMILES string of the molecule is CC(Nc1ccc2cccc(Br)c2n1)C1CN(C)CCO1. The highest BCUT2D eigenvalue weighted by Gasteiger charge is 2.23. The standard InChI is InChI=1S/C16H20BrN3O/c1-11(14-10-20(2)8-9-21-14)18-15-7-6-12-4-3-5-13(17)16(12)19-15/h3-7,11,14H,8-10H2,1-2H3,(H,18,19). The Labute approximate surface area is 133 Å². The van der Waals surface area contributed by atoms with Gasteiger partial charge in [-0.2, -0.15) is 0 Å². The van der Waals surface area contributed by atoms with Gasteiger partial charge in [-0.15, -0.1) is 0 Å². The molecule has 5 heteroatoms. The average Bonchev–Trinajstić information content (AvgIpc) is 2.48. The zero-order chi connectivity index (χ0) is 14.8. The van der Waals surface area contributed by atoms with E-state index >= 15 is 0 Å². The number of halogens is 1. The van der Waals surface area contributed by atoms with Gasteiger partial charge in [0.15, 0.2) is 0 Å². The highest BCUT2D eigenvalue weighted by atomic mass is 79.9. The summed E-state index contributed by atoms with van der Waals surface area (Å²) in [7, 11) is 2.13. The second kappa shape index (κ2) is 6.30. The maximum Gasteiger partial charge on any atom is 0.126 e. The van der Waals surface area contributed by atoms with E-state index in [1.807, 2.05) is 18.2 Å². The highest BCUT2D eigenvalue weighted by molar-refractivity contribution is 9.10. The summed E-state index contributed by atoms with van der Waals surface area (Å²) < 4.78 is 6.87. The van der Waals surface area contributed by atoms with Crippen LogP contribution in [0.1, 0.15) is 6.92 Å². The summed E-state index contributed by atoms with van der Waals surface area (Å²) in [5, 5.41) is 4.60. The van der Waals surface area contributed by atoms with E-state index in [1.54, 1.807) is 0 Å². The molecule has 1 fully saturated rings. The molecule has 0 aliphatic carbocycles. The van der Waals surface area contributed by atoms with Crippen LogP contribution in [0.3, 0.4) is 0 Å². The van der Waals surface area contributed by atoms with Gasteiger partial charge in [-0.3, -0.25) is 0 Å². The van der Waals surface area contributed by atoms with Crippen molar-refractivity contribution in [2.24, 2.45) is 0 Å². The van der Waals surface area contributed by atoms with Gasteiger partial charge >= 0.3 is 0 Å². The van der Waals surface area contributed by atoms with Crippen LogP contribution >= 0.6 is 15.9 Å². The topological polar surface area (TPSA) is 37.4 Å². The Hall–Kier alpha value is -1.17. The molecule has 1 aliphatic rings. The minimum atomic E-state index is 0.195. The van der Waals surface area contributed by atoms with Gasteiger partial charge in [-0.1, -0.05) is 12.1 Å². The second-order valence-corrected chi connectivity index (χ2v) is 6.47. The molecule has 3 rings (SSSR count). The van der Waals surface area contributed by atoms with E-state index in [2.05, 4.69) is 52.3 Å². The fourth-order valence-electron chi connectivity index (χ4n) is 2.63. The molecular weight excluding hydrogens is 330 g/mol. The number of likely N-dealkylation sites (N-methyl/N-ethyl adjacent to an activating group) is 1. The van der Waals surface area contributed by atoms with E-state index in [0.29, 0.717) is 0 Å². The lowest BCUT2D eigenvalue weighted by atomic mass is 10.1. The number of ether oxygens (including phenoxy) is 1. The van der Waals surface area contributed by atoms with Gasteiger partial charge < -0.3 is 15.0 Å². The lowest BCUT2D eigenvalue weighted by Crippen LogP contribution is -2.47. The summed E-state index contributed by atoms with van der Waals surface area (Å²) in [5.41, 5.74) is 0.983. The molecule has 4 nitrogen and oxygen atoms in total. The lowest BCUT2D eigenvalue weighted by molar-refractivity contribution is -0.0259. The van der Waals surface area contributed by atoms with E-state index < -0.39 is 0 Å². The zero-order valence-corrected chi connectivity index (χ0v) is 13.9. The molecule has 2 unspecified atom stereocenters. The number of hydrogen-bond acceptors (Lipinski definition) is 4. The van der Waals surface area contributed by atoms with Gasteiger partial charge in [-0.25, -0.2) is 4.98 Å². The lowest BCUT2D eigenvalue weighted by Gasteiger charge is -2.34. The number of morpholine rings is 1. The first-order valence-electron chi connectivity index (χ1n) is 7.25. The molecule has 1 saturated heterocycles. The summed E-state index contributed by atoms with van der Waals surface area (Å²) in [5.74, 6) is 0.888. The molecule has 2 aromatic rings. The number of anilines is 1. The Balaban J connectivity index is 1.76. The van der Waals surface area contributed by atoms with Gasteiger partial charge in [0.1, 0.15) is 5.82 Å². The molecule has 0 bridgehead atoms. The summed E-state index contributed by atoms with van der Waals surface area (Å²) in [6.07, 6.45) is 0.195. The third-order valence-electron chi connectivity index (χ3n) is 3.90. The molecule has 0 amide bonds. The molecular formula is C16H20BrN3O. The minimum absolute atomic E-state index is 0.195. The summed E-state index contributed by atoms with van der Waals surface area (Å²) >= 11 is 3.56. The highest BCUT2D eigenvalue weighted by Crippen LogP contribution is 2.24. The van der Waals surface area contributed by atoms with Crippen LogP contribution in [0.15, 0.2) is 34.8 Å². The monoisotopic (exact) mass is 349 g/mol. The summed E-state index contributed by atoms with van der Waals surface area (Å²) in [6, 6.07) is 10.4. The van der Waals surface area contributed by atoms with Crippen LogP contribution in [0, 0.1) is 0 Å². The van der Waals surface area contributed by atoms with Crippen molar-refractivity contribution in [1.82, 2.24) is 9.88 Å². The fourth-order valence-corrected chi connectivity index (χ4v) is 3.10. The van der Waals surface area contributed by atoms with Crippen molar-refractivity contribution >= 4 is 32.7 Å². The maximum absolute atomic E-state index is 5.85. The van der Waals surface area contributed by atoms with Crippen molar-refractivity contribution in [1.29, 1.82) is 0 Å². The van der Waals surface area contributed by atoms with E-state index in [9.17, 15) is 0 Å². The number of nitrogens with zero attached hydrogens (tertiary/aromatic N) is 2. The van der Waals surface area contributed by atoms with Crippen molar-refractivity contribution in [3.63, 3.8) is 0 Å². The molecule has 1 aromatic carbocycles. The van der Waals surface area contributed by atoms with Crippen LogP contribution in [-0.4, -0.2) is 48.8 Å². The number of benzene rings is 1. The van der Waals surface area contributed by atoms with Gasteiger partial charge in [0, 0.05) is 22.9 Å². The quantitative estimate of drug-likeness (QED) is 0.923. The van der Waals surface area contributed by atoms with Crippen molar-refractivity contribution in [2.45, 2.75) is 19.1 Å². The van der Waals surface area contributed by atoms with Crippen LogP contribution in [0.4, 0.5) is 5.82 Å². The Morgan fingerprint density at radius 2 is 2.24 bits per heavy atom. The van der Waals surface area contributed by atoms with Gasteiger partial charge in [-0.05, 0) is 48.1 Å². The third-order valence-corrected chi connectivity index (χ3v) is 4.54. The Kier molecular flexibility index (Phi) is 4.42. The maximum atomic E-state index is 5.85. The van der Waals surface area contributed by atoms with E-state index in [-0.39, 0.29) is 12.1 Å². The number of rotatable bonds is 3. The van der Waals surface area contributed by atoms with Gasteiger partial charge in [0.25, 0.3) is 0 Å². The molecule has 0 saturated carbocycles. The molecule has 1 aliphatic heterocycles. The molecule has 2 atom stereocenters. The minimum Gasteiger partial charge on any atom is -0.373 e. The van der Waals surface area contributed by atoms with Crippen molar-refractivity contribution in [2.75, 3.05) is 32.1 Å². The molecule has 2 heterocycles. The Morgan fingerprint density at radius 1 is 1.38 bits per heavy atom. The van der Waals surface area contributed by atoms with Crippen LogP contribution in [0.5, 0.6) is 0 Å². The molecule has 1 N–H and O–H groups in total. The number of pyridine rings is 1. The zero-order valence-electron chi connectivity index (χ0n) is 12.3. The summed E-state index contributed by atoms with van der Waals surface area (Å²) in [4.78, 5) is 7.00. The first kappa shape index (κ1) is 14.8. The van der Waals surface area contributed by atoms with Crippen molar-refractivity contribution in [3.05, 3.63) is 34.8 Å². The number of para-hydroxylation sites is 1. The van der Waals surface area contributed by atoms with E-state index in [1.165, 1.54) is 0 Å². The molecule has 21 heavy (non-hydrogen) atoms. The number of fused-ring (bicyclic) bond motifs is 1. The van der Waals surface area contributed by atoms with E-state index in [4.69, 9.17) is 9.72 Å². The van der Waals surface area contributed by atoms with Crippen LogP contribution in [0.25, 0.3) is 10.9 Å². The van der Waals surface area contributed by atoms with Crippen molar-refractivity contribution in [3.8, 4) is 0 Å². The predicted octanol–water partition coefficient (Wildman–Crippen LogP) is 3.13. The molecule has 0 spiro atoms. The number of hydrogen-bond donors (Lipinski definition) is 1. The largest absolute Gasteiger partial charge is 0.373 e. The number of nitrogens with one attached hydrogen (secondary N) is 1.